The summed E-state index contributed by atoms with van der Waals surface area (Å²) in [7, 11) is 0. The quantitative estimate of drug-likeness (QED) is 0.570. The van der Waals surface area contributed by atoms with E-state index in [2.05, 4.69) is 25.7 Å². The number of hydrogen-bond acceptors (Lipinski definition) is 4. The van der Waals surface area contributed by atoms with Gasteiger partial charge in [-0.3, -0.25) is 9.89 Å². The van der Waals surface area contributed by atoms with E-state index in [0.29, 0.717) is 16.8 Å². The third kappa shape index (κ3) is 3.37. The fourth-order valence-electron chi connectivity index (χ4n) is 1.98. The van der Waals surface area contributed by atoms with E-state index < -0.39 is 11.6 Å². The SMILES string of the molecule is O=C(Cc1ccn[nH]1)N/N=C/c1ccc2ccc(F)c(F)c2n1. The Morgan fingerprint density at radius 3 is 2.87 bits per heavy atom. The number of benzene rings is 1. The summed E-state index contributed by atoms with van der Waals surface area (Å²) < 4.78 is 26.9. The standard InChI is InChI=1S/C15H11F2N5O/c16-12-4-2-9-1-3-11(20-15(9)14(12)17)8-19-22-13(23)7-10-5-6-18-21-10/h1-6,8H,7H2,(H,18,21)(H,22,23)/b19-8+. The first-order valence-electron chi connectivity index (χ1n) is 6.68. The number of aromatic amines is 1. The van der Waals surface area contributed by atoms with Gasteiger partial charge in [0.05, 0.1) is 18.3 Å². The molecule has 116 valence electrons. The van der Waals surface area contributed by atoms with Crippen LogP contribution in [0.2, 0.25) is 0 Å². The van der Waals surface area contributed by atoms with Crippen molar-refractivity contribution in [1.29, 1.82) is 0 Å². The number of H-pyrrole nitrogens is 1. The fourth-order valence-corrected chi connectivity index (χ4v) is 1.98. The number of rotatable bonds is 4. The molecule has 1 amide bonds. The second-order valence-corrected chi connectivity index (χ2v) is 4.72. The molecular weight excluding hydrogens is 304 g/mol. The van der Waals surface area contributed by atoms with Crippen molar-refractivity contribution in [3.63, 3.8) is 0 Å². The van der Waals surface area contributed by atoms with Crippen LogP contribution in [0, 0.1) is 11.6 Å². The van der Waals surface area contributed by atoms with Crippen LogP contribution in [-0.4, -0.2) is 27.3 Å². The highest BCUT2D eigenvalue weighted by Crippen LogP contribution is 2.18. The molecule has 1 aromatic carbocycles. The Morgan fingerprint density at radius 2 is 2.09 bits per heavy atom. The van der Waals surface area contributed by atoms with Gasteiger partial charge >= 0.3 is 0 Å². The van der Waals surface area contributed by atoms with Gasteiger partial charge < -0.3 is 0 Å². The zero-order chi connectivity index (χ0) is 16.2. The molecule has 23 heavy (non-hydrogen) atoms. The molecule has 0 bridgehead atoms. The average Bonchev–Trinajstić information content (AvgIpc) is 3.04. The van der Waals surface area contributed by atoms with Crippen molar-refractivity contribution in [2.75, 3.05) is 0 Å². The first-order chi connectivity index (χ1) is 11.1. The van der Waals surface area contributed by atoms with Gasteiger partial charge in [-0.2, -0.15) is 10.2 Å². The van der Waals surface area contributed by atoms with Gasteiger partial charge in [-0.1, -0.05) is 6.07 Å². The molecule has 0 aliphatic rings. The van der Waals surface area contributed by atoms with E-state index in [1.165, 1.54) is 12.3 Å². The maximum Gasteiger partial charge on any atom is 0.246 e. The van der Waals surface area contributed by atoms with Crippen LogP contribution in [0.15, 0.2) is 41.6 Å². The lowest BCUT2D eigenvalue weighted by Crippen LogP contribution is -2.20. The molecule has 2 N–H and O–H groups in total. The summed E-state index contributed by atoms with van der Waals surface area (Å²) in [6.45, 7) is 0. The van der Waals surface area contributed by atoms with Gasteiger partial charge in [0.25, 0.3) is 0 Å². The number of carbonyl (C=O) groups is 1. The molecule has 6 nitrogen and oxygen atoms in total. The maximum absolute atomic E-state index is 13.7. The molecule has 3 rings (SSSR count). The van der Waals surface area contributed by atoms with Gasteiger partial charge in [0.1, 0.15) is 5.52 Å². The Labute approximate surface area is 129 Å². The molecule has 2 aromatic heterocycles. The summed E-state index contributed by atoms with van der Waals surface area (Å²) >= 11 is 0. The van der Waals surface area contributed by atoms with E-state index in [1.807, 2.05) is 0 Å². The summed E-state index contributed by atoms with van der Waals surface area (Å²) in [4.78, 5) is 15.6. The second kappa shape index (κ2) is 6.30. The third-order valence-electron chi connectivity index (χ3n) is 3.07. The number of pyridine rings is 1. The number of amides is 1. The van der Waals surface area contributed by atoms with E-state index in [0.717, 1.165) is 6.07 Å². The molecule has 3 aromatic rings. The Bertz CT molecular complexity index is 877. The van der Waals surface area contributed by atoms with E-state index in [9.17, 15) is 13.6 Å². The van der Waals surface area contributed by atoms with Gasteiger partial charge in [-0.15, -0.1) is 0 Å². The normalized spacial score (nSPS) is 11.2. The molecule has 0 spiro atoms. The Morgan fingerprint density at radius 1 is 1.26 bits per heavy atom. The van der Waals surface area contributed by atoms with E-state index >= 15 is 0 Å². The summed E-state index contributed by atoms with van der Waals surface area (Å²) in [6, 6.07) is 7.34. The smallest absolute Gasteiger partial charge is 0.246 e. The number of nitrogens with zero attached hydrogens (tertiary/aromatic N) is 3. The highest BCUT2D eigenvalue weighted by molar-refractivity contribution is 5.86. The molecule has 0 saturated heterocycles. The molecular formula is C15H11F2N5O. The highest BCUT2D eigenvalue weighted by atomic mass is 19.2. The molecule has 0 aliphatic heterocycles. The molecule has 0 fully saturated rings. The molecule has 8 heteroatoms. The van der Waals surface area contributed by atoms with Crippen molar-refractivity contribution >= 4 is 23.0 Å². The monoisotopic (exact) mass is 315 g/mol. The first kappa shape index (κ1) is 14.8. The molecule has 0 atom stereocenters. The Kier molecular flexibility index (Phi) is 4.05. The fraction of sp³-hybridized carbons (Fsp3) is 0.0667. The lowest BCUT2D eigenvalue weighted by molar-refractivity contribution is -0.120. The summed E-state index contributed by atoms with van der Waals surface area (Å²) in [6.07, 6.45) is 2.90. The van der Waals surface area contributed by atoms with Crippen molar-refractivity contribution in [3.8, 4) is 0 Å². The predicted octanol–water partition coefficient (Wildman–Crippen LogP) is 1.93. The molecule has 0 unspecified atom stereocenters. The number of hydrogen-bond donors (Lipinski definition) is 2. The summed E-state index contributed by atoms with van der Waals surface area (Å²) in [5.74, 6) is -2.32. The van der Waals surface area contributed by atoms with Crippen LogP contribution in [0.5, 0.6) is 0 Å². The van der Waals surface area contributed by atoms with Crippen LogP contribution < -0.4 is 5.43 Å². The Balaban J connectivity index is 1.71. The molecule has 2 heterocycles. The van der Waals surface area contributed by atoms with Crippen LogP contribution in [0.4, 0.5) is 8.78 Å². The first-order valence-corrected chi connectivity index (χ1v) is 6.68. The lowest BCUT2D eigenvalue weighted by Gasteiger charge is -2.01. The van der Waals surface area contributed by atoms with Crippen molar-refractivity contribution in [1.82, 2.24) is 20.6 Å². The van der Waals surface area contributed by atoms with Crippen molar-refractivity contribution in [2.45, 2.75) is 6.42 Å². The number of carbonyl (C=O) groups excluding carboxylic acids is 1. The van der Waals surface area contributed by atoms with Crippen LogP contribution in [0.1, 0.15) is 11.4 Å². The average molecular weight is 315 g/mol. The second-order valence-electron chi connectivity index (χ2n) is 4.72. The van der Waals surface area contributed by atoms with Gasteiger partial charge in [0.2, 0.25) is 5.91 Å². The third-order valence-corrected chi connectivity index (χ3v) is 3.07. The number of nitrogens with one attached hydrogen (secondary N) is 2. The van der Waals surface area contributed by atoms with Crippen LogP contribution in [0.3, 0.4) is 0 Å². The zero-order valence-corrected chi connectivity index (χ0v) is 11.8. The van der Waals surface area contributed by atoms with Gasteiger partial charge in [0, 0.05) is 17.3 Å². The number of halogens is 2. The van der Waals surface area contributed by atoms with Crippen molar-refractivity contribution in [3.05, 3.63) is 59.6 Å². The molecule has 0 radical (unpaired) electrons. The highest BCUT2D eigenvalue weighted by Gasteiger charge is 2.08. The number of hydrazone groups is 1. The van der Waals surface area contributed by atoms with E-state index in [4.69, 9.17) is 0 Å². The topological polar surface area (TPSA) is 83.0 Å². The summed E-state index contributed by atoms with van der Waals surface area (Å²) in [5, 5.41) is 10.6. The minimum atomic E-state index is -1.01. The summed E-state index contributed by atoms with van der Waals surface area (Å²) in [5.41, 5.74) is 3.18. The van der Waals surface area contributed by atoms with Crippen LogP contribution >= 0.6 is 0 Å². The van der Waals surface area contributed by atoms with Crippen LogP contribution in [0.25, 0.3) is 10.9 Å². The zero-order valence-electron chi connectivity index (χ0n) is 11.8. The van der Waals surface area contributed by atoms with Crippen LogP contribution in [-0.2, 0) is 11.2 Å². The van der Waals surface area contributed by atoms with Crippen molar-refractivity contribution < 1.29 is 13.6 Å². The van der Waals surface area contributed by atoms with E-state index in [-0.39, 0.29) is 17.8 Å². The van der Waals surface area contributed by atoms with Gasteiger partial charge in [-0.25, -0.2) is 19.2 Å². The molecule has 0 saturated carbocycles. The van der Waals surface area contributed by atoms with Gasteiger partial charge in [0.15, 0.2) is 11.6 Å². The maximum atomic E-state index is 13.7. The largest absolute Gasteiger partial charge is 0.282 e. The van der Waals surface area contributed by atoms with E-state index in [1.54, 1.807) is 24.4 Å². The minimum Gasteiger partial charge on any atom is -0.282 e. The minimum absolute atomic E-state index is 0.0854. The molecule has 0 aliphatic carbocycles. The predicted molar refractivity (Wildman–Crippen MR) is 79.7 cm³/mol. The lowest BCUT2D eigenvalue weighted by atomic mass is 10.2. The number of fused-ring (bicyclic) bond motifs is 1. The van der Waals surface area contributed by atoms with Gasteiger partial charge in [-0.05, 0) is 24.3 Å². The Hall–Kier alpha value is -3.16. The number of aromatic nitrogens is 3. The van der Waals surface area contributed by atoms with Crippen molar-refractivity contribution in [2.24, 2.45) is 5.10 Å².